The first kappa shape index (κ1) is 18.3. The Morgan fingerprint density at radius 1 is 1.13 bits per heavy atom. The normalized spacial score (nSPS) is 13.5. The van der Waals surface area contributed by atoms with Crippen molar-refractivity contribution in [2.45, 2.75) is 12.8 Å². The van der Waals surface area contributed by atoms with Gasteiger partial charge in [-0.3, -0.25) is 10.00 Å². The molecule has 1 aliphatic heterocycles. The van der Waals surface area contributed by atoms with E-state index in [1.54, 1.807) is 6.20 Å². The van der Waals surface area contributed by atoms with E-state index in [-0.39, 0.29) is 0 Å². The van der Waals surface area contributed by atoms with Gasteiger partial charge in [0, 0.05) is 23.9 Å². The molecule has 0 radical (unpaired) electrons. The van der Waals surface area contributed by atoms with Gasteiger partial charge in [-0.2, -0.15) is 10.1 Å². The number of benzene rings is 2. The standard InChI is InChI=1S/C21H16ClN7OS/c22-17-13-11-23-26-14(13)8-9-15(17)24-20-27-28-21(31-20)29-10-4-7-16-18(29)25-19(30-16)12-5-2-1-3-6-12/h1-3,5-6,8-9,11H,4,7,10H2,(H,23,26)(H,24,27). The van der Waals surface area contributed by atoms with Crippen molar-refractivity contribution < 1.29 is 4.42 Å². The van der Waals surface area contributed by atoms with Crippen molar-refractivity contribution in [2.24, 2.45) is 0 Å². The SMILES string of the molecule is Clc1c(Nc2nnc(N3CCCc4oc(-c5ccccc5)nc43)s2)ccc2[nH]ncc12. The molecule has 0 fully saturated rings. The van der Waals surface area contributed by atoms with Crippen molar-refractivity contribution in [3.8, 4) is 11.5 Å². The van der Waals surface area contributed by atoms with Crippen molar-refractivity contribution in [3.05, 3.63) is 59.4 Å². The molecule has 0 spiro atoms. The maximum atomic E-state index is 6.52. The molecule has 0 atom stereocenters. The lowest BCUT2D eigenvalue weighted by atomic mass is 10.2. The number of fused-ring (bicyclic) bond motifs is 2. The average molecular weight is 450 g/mol. The third kappa shape index (κ3) is 3.22. The van der Waals surface area contributed by atoms with Crippen molar-refractivity contribution >= 4 is 55.6 Å². The summed E-state index contributed by atoms with van der Waals surface area (Å²) in [6.45, 7) is 0.810. The summed E-state index contributed by atoms with van der Waals surface area (Å²) < 4.78 is 6.06. The van der Waals surface area contributed by atoms with E-state index in [1.165, 1.54) is 11.3 Å². The fraction of sp³-hybridized carbons (Fsp3) is 0.143. The number of aromatic nitrogens is 5. The van der Waals surface area contributed by atoms with E-state index in [1.807, 2.05) is 42.5 Å². The minimum atomic E-state index is 0.590. The number of aromatic amines is 1. The first-order valence-electron chi connectivity index (χ1n) is 9.81. The quantitative estimate of drug-likeness (QED) is 0.371. The van der Waals surface area contributed by atoms with Crippen molar-refractivity contribution in [1.82, 2.24) is 25.4 Å². The van der Waals surface area contributed by atoms with Gasteiger partial charge in [-0.05, 0) is 30.7 Å². The molecular weight excluding hydrogens is 434 g/mol. The minimum absolute atomic E-state index is 0.590. The second-order valence-corrected chi connectivity index (χ2v) is 8.49. The van der Waals surface area contributed by atoms with Crippen LogP contribution in [0.2, 0.25) is 5.02 Å². The van der Waals surface area contributed by atoms with Crippen LogP contribution < -0.4 is 10.2 Å². The summed E-state index contributed by atoms with van der Waals surface area (Å²) >= 11 is 7.97. The summed E-state index contributed by atoms with van der Waals surface area (Å²) in [5.74, 6) is 2.31. The number of hydrogen-bond acceptors (Lipinski definition) is 8. The fourth-order valence-electron chi connectivity index (χ4n) is 3.68. The third-order valence-corrected chi connectivity index (χ3v) is 6.45. The fourth-order valence-corrected chi connectivity index (χ4v) is 4.73. The smallest absolute Gasteiger partial charge is 0.228 e. The summed E-state index contributed by atoms with van der Waals surface area (Å²) in [7, 11) is 0. The molecule has 10 heteroatoms. The van der Waals surface area contributed by atoms with Crippen LogP contribution in [0.5, 0.6) is 0 Å². The van der Waals surface area contributed by atoms with Crippen LogP contribution in [0.25, 0.3) is 22.4 Å². The van der Waals surface area contributed by atoms with Gasteiger partial charge in [0.05, 0.1) is 22.4 Å². The highest BCUT2D eigenvalue weighted by atomic mass is 35.5. The Morgan fingerprint density at radius 3 is 2.94 bits per heavy atom. The predicted octanol–water partition coefficient (Wildman–Crippen LogP) is 5.55. The van der Waals surface area contributed by atoms with Crippen LogP contribution in [0.1, 0.15) is 12.2 Å². The lowest BCUT2D eigenvalue weighted by Crippen LogP contribution is -2.24. The van der Waals surface area contributed by atoms with Crippen LogP contribution >= 0.6 is 22.9 Å². The second-order valence-electron chi connectivity index (χ2n) is 7.16. The topological polar surface area (TPSA) is 95.8 Å². The summed E-state index contributed by atoms with van der Waals surface area (Å²) in [4.78, 5) is 6.83. The average Bonchev–Trinajstić information content (AvgIpc) is 3.55. The Morgan fingerprint density at radius 2 is 2.03 bits per heavy atom. The van der Waals surface area contributed by atoms with Gasteiger partial charge in [-0.15, -0.1) is 10.2 Å². The highest BCUT2D eigenvalue weighted by molar-refractivity contribution is 7.19. The monoisotopic (exact) mass is 449 g/mol. The van der Waals surface area contributed by atoms with Gasteiger partial charge in [0.2, 0.25) is 16.2 Å². The maximum absolute atomic E-state index is 6.52. The van der Waals surface area contributed by atoms with Gasteiger partial charge in [-0.1, -0.05) is 41.1 Å². The zero-order chi connectivity index (χ0) is 20.8. The van der Waals surface area contributed by atoms with E-state index in [4.69, 9.17) is 21.0 Å². The van der Waals surface area contributed by atoms with Crippen LogP contribution in [0.3, 0.4) is 0 Å². The number of hydrogen-bond donors (Lipinski definition) is 2. The van der Waals surface area contributed by atoms with Crippen LogP contribution in [0.4, 0.5) is 21.8 Å². The largest absolute Gasteiger partial charge is 0.439 e. The zero-order valence-corrected chi connectivity index (χ0v) is 17.7. The van der Waals surface area contributed by atoms with Gasteiger partial charge in [0.15, 0.2) is 5.82 Å². The number of oxazole rings is 1. The molecule has 1 aliphatic rings. The lowest BCUT2D eigenvalue weighted by Gasteiger charge is -2.23. The second kappa shape index (κ2) is 7.36. The molecule has 6 rings (SSSR count). The highest BCUT2D eigenvalue weighted by Crippen LogP contribution is 2.39. The van der Waals surface area contributed by atoms with Crippen molar-refractivity contribution in [3.63, 3.8) is 0 Å². The summed E-state index contributed by atoms with van der Waals surface area (Å²) in [6.07, 6.45) is 3.52. The van der Waals surface area contributed by atoms with Gasteiger partial charge in [0.1, 0.15) is 5.76 Å². The molecule has 4 heterocycles. The number of anilines is 4. The Hall–Kier alpha value is -3.43. The predicted molar refractivity (Wildman–Crippen MR) is 122 cm³/mol. The lowest BCUT2D eigenvalue weighted by molar-refractivity contribution is 0.503. The molecule has 0 aliphatic carbocycles. The van der Waals surface area contributed by atoms with Gasteiger partial charge >= 0.3 is 0 Å². The first-order chi connectivity index (χ1) is 15.3. The van der Waals surface area contributed by atoms with Crippen LogP contribution in [-0.4, -0.2) is 31.9 Å². The van der Waals surface area contributed by atoms with E-state index < -0.39 is 0 Å². The molecule has 31 heavy (non-hydrogen) atoms. The van der Waals surface area contributed by atoms with Gasteiger partial charge < -0.3 is 9.73 Å². The number of rotatable bonds is 4. The van der Waals surface area contributed by atoms with E-state index in [0.717, 1.165) is 58.2 Å². The molecule has 0 unspecified atom stereocenters. The molecule has 2 N–H and O–H groups in total. The van der Waals surface area contributed by atoms with Crippen molar-refractivity contribution in [2.75, 3.05) is 16.8 Å². The van der Waals surface area contributed by atoms with Gasteiger partial charge in [-0.25, -0.2) is 0 Å². The maximum Gasteiger partial charge on any atom is 0.228 e. The molecule has 0 bridgehead atoms. The minimum Gasteiger partial charge on any atom is -0.439 e. The zero-order valence-electron chi connectivity index (χ0n) is 16.2. The van der Waals surface area contributed by atoms with Crippen LogP contribution in [-0.2, 0) is 6.42 Å². The van der Waals surface area contributed by atoms with E-state index >= 15 is 0 Å². The van der Waals surface area contributed by atoms with E-state index in [9.17, 15) is 0 Å². The molecule has 2 aromatic carbocycles. The first-order valence-corrected chi connectivity index (χ1v) is 11.0. The molecule has 5 aromatic rings. The van der Waals surface area contributed by atoms with E-state index in [0.29, 0.717) is 16.0 Å². The molecule has 3 aromatic heterocycles. The summed E-state index contributed by atoms with van der Waals surface area (Å²) in [5.41, 5.74) is 2.60. The summed E-state index contributed by atoms with van der Waals surface area (Å²) in [5, 5.41) is 21.8. The Balaban J connectivity index is 1.30. The number of halogens is 1. The molecular formula is C21H16ClN7OS. The number of nitrogens with zero attached hydrogens (tertiary/aromatic N) is 5. The molecule has 154 valence electrons. The Bertz CT molecular complexity index is 1380. The third-order valence-electron chi connectivity index (χ3n) is 5.18. The molecule has 0 saturated heterocycles. The summed E-state index contributed by atoms with van der Waals surface area (Å²) in [6, 6.07) is 13.7. The molecule has 8 nitrogen and oxygen atoms in total. The number of aryl methyl sites for hydroxylation is 1. The Labute approximate surface area is 185 Å². The van der Waals surface area contributed by atoms with Crippen molar-refractivity contribution in [1.29, 1.82) is 0 Å². The van der Waals surface area contributed by atoms with Crippen LogP contribution in [0.15, 0.2) is 53.1 Å². The Kier molecular flexibility index (Phi) is 4.36. The molecule has 0 saturated carbocycles. The highest BCUT2D eigenvalue weighted by Gasteiger charge is 2.27. The molecule has 0 amide bonds. The van der Waals surface area contributed by atoms with Crippen LogP contribution in [0, 0.1) is 0 Å². The van der Waals surface area contributed by atoms with E-state index in [2.05, 4.69) is 30.6 Å². The number of nitrogens with one attached hydrogen (secondary N) is 2. The number of H-pyrrole nitrogens is 1. The van der Waals surface area contributed by atoms with Gasteiger partial charge in [0.25, 0.3) is 0 Å².